The van der Waals surface area contributed by atoms with Crippen LogP contribution < -0.4 is 15.0 Å². The molecular formula is C23H21ClF3N5O3. The Labute approximate surface area is 202 Å². The number of anilines is 1. The van der Waals surface area contributed by atoms with Crippen LogP contribution in [0.1, 0.15) is 31.4 Å². The highest BCUT2D eigenvalue weighted by Crippen LogP contribution is 2.50. The maximum atomic E-state index is 13.6. The molecule has 12 heteroatoms. The van der Waals surface area contributed by atoms with Gasteiger partial charge in [-0.1, -0.05) is 11.6 Å². The van der Waals surface area contributed by atoms with Crippen molar-refractivity contribution in [1.82, 2.24) is 20.5 Å². The predicted octanol–water partition coefficient (Wildman–Crippen LogP) is 3.90. The molecule has 2 amide bonds. The van der Waals surface area contributed by atoms with Crippen molar-refractivity contribution in [3.05, 3.63) is 47.4 Å². The van der Waals surface area contributed by atoms with Crippen molar-refractivity contribution in [2.45, 2.75) is 43.4 Å². The molecule has 184 valence electrons. The van der Waals surface area contributed by atoms with E-state index in [1.807, 2.05) is 23.5 Å². The minimum absolute atomic E-state index is 0.135. The van der Waals surface area contributed by atoms with Gasteiger partial charge in [0, 0.05) is 5.39 Å². The van der Waals surface area contributed by atoms with E-state index >= 15 is 0 Å². The summed E-state index contributed by atoms with van der Waals surface area (Å²) in [6, 6.07) is 8.70. The highest BCUT2D eigenvalue weighted by atomic mass is 35.5. The molecule has 35 heavy (non-hydrogen) atoms. The largest absolute Gasteiger partial charge is 0.490 e. The summed E-state index contributed by atoms with van der Waals surface area (Å²) in [4.78, 5) is 31.4. The van der Waals surface area contributed by atoms with Gasteiger partial charge in [-0.2, -0.15) is 18.3 Å². The van der Waals surface area contributed by atoms with Crippen LogP contribution >= 0.6 is 11.6 Å². The van der Waals surface area contributed by atoms with E-state index in [1.165, 1.54) is 11.0 Å². The highest BCUT2D eigenvalue weighted by molar-refractivity contribution is 6.29. The lowest BCUT2D eigenvalue weighted by molar-refractivity contribution is -0.138. The lowest BCUT2D eigenvalue weighted by Gasteiger charge is -2.35. The number of amides is 2. The fourth-order valence-corrected chi connectivity index (χ4v) is 5.01. The summed E-state index contributed by atoms with van der Waals surface area (Å²) in [6.07, 6.45) is -1.05. The number of benzene rings is 1. The van der Waals surface area contributed by atoms with Crippen LogP contribution in [0, 0.1) is 0 Å². The lowest BCUT2D eigenvalue weighted by atomic mass is 9.71. The molecule has 2 aromatic heterocycles. The van der Waals surface area contributed by atoms with Crippen LogP contribution in [0.4, 0.5) is 18.9 Å². The Morgan fingerprint density at radius 1 is 1.26 bits per heavy atom. The topological polar surface area (TPSA) is 100 Å². The van der Waals surface area contributed by atoms with E-state index in [1.54, 1.807) is 12.3 Å². The normalized spacial score (nSPS) is 22.0. The Balaban J connectivity index is 1.32. The molecule has 1 spiro atoms. The number of nitrogens with one attached hydrogen (secondary N) is 2. The second kappa shape index (κ2) is 8.71. The summed E-state index contributed by atoms with van der Waals surface area (Å²) in [5.74, 6) is -0.565. The van der Waals surface area contributed by atoms with Gasteiger partial charge in [0.2, 0.25) is 11.8 Å². The lowest BCUT2D eigenvalue weighted by Crippen LogP contribution is -2.48. The molecule has 1 aromatic carbocycles. The van der Waals surface area contributed by atoms with Crippen LogP contribution in [0.25, 0.3) is 10.9 Å². The number of carbonyl (C=O) groups is 2. The smallest absolute Gasteiger partial charge is 0.405 e. The number of aromatic amines is 1. The van der Waals surface area contributed by atoms with E-state index in [9.17, 15) is 22.8 Å². The van der Waals surface area contributed by atoms with Crippen LogP contribution in [0.2, 0.25) is 5.15 Å². The summed E-state index contributed by atoms with van der Waals surface area (Å²) < 4.78 is 43.6. The third kappa shape index (κ3) is 4.52. The number of ether oxygens (including phenoxy) is 1. The first-order valence-corrected chi connectivity index (χ1v) is 11.4. The zero-order valence-electron chi connectivity index (χ0n) is 18.4. The number of halogens is 4. The first-order valence-electron chi connectivity index (χ1n) is 11.1. The van der Waals surface area contributed by atoms with Gasteiger partial charge in [0.05, 0.1) is 34.6 Å². The quantitative estimate of drug-likeness (QED) is 0.510. The minimum Gasteiger partial charge on any atom is -0.490 e. The van der Waals surface area contributed by atoms with E-state index < -0.39 is 30.6 Å². The van der Waals surface area contributed by atoms with Crippen LogP contribution in [0.3, 0.4) is 0 Å². The van der Waals surface area contributed by atoms with Gasteiger partial charge in [0.25, 0.3) is 0 Å². The van der Waals surface area contributed by atoms with Crippen molar-refractivity contribution < 1.29 is 27.5 Å². The van der Waals surface area contributed by atoms with Gasteiger partial charge in [0.1, 0.15) is 24.0 Å². The molecule has 3 heterocycles. The Morgan fingerprint density at radius 2 is 2.03 bits per heavy atom. The standard InChI is InChI=1S/C23H21ClF3N5O3/c24-18-4-3-17-20(30-18)22(21(34)32(17)11-19(33)28-12-23(25,26)27)7-5-14(6-8-22)35-15-1-2-16-13(9-15)10-29-31-16/h1-4,9-10,14H,5-8,11-12H2,(H,28,33)(H,29,31). The van der Waals surface area contributed by atoms with Crippen LogP contribution in [0.15, 0.2) is 36.5 Å². The van der Waals surface area contributed by atoms with E-state index in [-0.39, 0.29) is 17.2 Å². The van der Waals surface area contributed by atoms with Gasteiger partial charge < -0.3 is 15.0 Å². The van der Waals surface area contributed by atoms with Crippen LogP contribution in [-0.2, 0) is 15.0 Å². The zero-order valence-corrected chi connectivity index (χ0v) is 19.1. The second-order valence-electron chi connectivity index (χ2n) is 8.80. The summed E-state index contributed by atoms with van der Waals surface area (Å²) in [7, 11) is 0. The Morgan fingerprint density at radius 3 is 2.77 bits per heavy atom. The molecule has 5 rings (SSSR count). The predicted molar refractivity (Wildman–Crippen MR) is 121 cm³/mol. The van der Waals surface area contributed by atoms with Crippen LogP contribution in [0.5, 0.6) is 5.75 Å². The fraction of sp³-hybridized carbons (Fsp3) is 0.391. The number of nitrogens with zero attached hydrogens (tertiary/aromatic N) is 3. The molecule has 1 saturated carbocycles. The number of fused-ring (bicyclic) bond motifs is 3. The van der Waals surface area contributed by atoms with Gasteiger partial charge in [-0.25, -0.2) is 4.98 Å². The van der Waals surface area contributed by atoms with Gasteiger partial charge in [-0.3, -0.25) is 14.7 Å². The summed E-state index contributed by atoms with van der Waals surface area (Å²) in [6.45, 7) is -1.99. The van der Waals surface area contributed by atoms with Gasteiger partial charge in [-0.15, -0.1) is 0 Å². The molecule has 1 fully saturated rings. The summed E-state index contributed by atoms with van der Waals surface area (Å²) in [5.41, 5.74) is 0.748. The molecule has 1 aliphatic heterocycles. The molecule has 3 aromatic rings. The molecular weight excluding hydrogens is 487 g/mol. The Hall–Kier alpha value is -3.34. The first-order chi connectivity index (χ1) is 16.6. The van der Waals surface area contributed by atoms with Gasteiger partial charge in [0.15, 0.2) is 0 Å². The number of rotatable bonds is 5. The highest BCUT2D eigenvalue weighted by Gasteiger charge is 2.54. The first kappa shape index (κ1) is 23.4. The van der Waals surface area contributed by atoms with E-state index in [0.717, 1.165) is 10.9 Å². The molecule has 0 bridgehead atoms. The van der Waals surface area contributed by atoms with Gasteiger partial charge in [-0.05, 0) is 56.0 Å². The number of aromatic nitrogens is 3. The van der Waals surface area contributed by atoms with E-state index in [0.29, 0.717) is 42.8 Å². The van der Waals surface area contributed by atoms with Crippen molar-refractivity contribution >= 4 is 40.0 Å². The number of pyridine rings is 1. The van der Waals surface area contributed by atoms with Gasteiger partial charge >= 0.3 is 6.18 Å². The van der Waals surface area contributed by atoms with Crippen molar-refractivity contribution in [1.29, 1.82) is 0 Å². The van der Waals surface area contributed by atoms with E-state index in [2.05, 4.69) is 15.2 Å². The average molecular weight is 508 g/mol. The summed E-state index contributed by atoms with van der Waals surface area (Å²) >= 11 is 6.12. The number of hydrogen-bond donors (Lipinski definition) is 2. The molecule has 0 atom stereocenters. The molecule has 0 unspecified atom stereocenters. The van der Waals surface area contributed by atoms with Crippen molar-refractivity contribution in [2.24, 2.45) is 0 Å². The fourth-order valence-electron chi connectivity index (χ4n) is 4.86. The maximum Gasteiger partial charge on any atom is 0.405 e. The minimum atomic E-state index is -4.54. The number of H-pyrrole nitrogens is 1. The van der Waals surface area contributed by atoms with Crippen molar-refractivity contribution in [2.75, 3.05) is 18.0 Å². The maximum absolute atomic E-state index is 13.6. The number of alkyl halides is 3. The van der Waals surface area contributed by atoms with Crippen molar-refractivity contribution in [3.8, 4) is 5.75 Å². The number of carbonyl (C=O) groups excluding carboxylic acids is 2. The molecule has 1 aliphatic carbocycles. The molecule has 0 saturated heterocycles. The zero-order chi connectivity index (χ0) is 24.8. The second-order valence-corrected chi connectivity index (χ2v) is 9.19. The molecule has 8 nitrogen and oxygen atoms in total. The molecule has 2 N–H and O–H groups in total. The third-order valence-electron chi connectivity index (χ3n) is 6.53. The monoisotopic (exact) mass is 507 g/mol. The number of hydrogen-bond acceptors (Lipinski definition) is 5. The van der Waals surface area contributed by atoms with Crippen LogP contribution in [-0.4, -0.2) is 52.4 Å². The summed E-state index contributed by atoms with van der Waals surface area (Å²) in [5, 5.41) is 9.83. The average Bonchev–Trinajstić information content (AvgIpc) is 3.36. The Bertz CT molecular complexity index is 1290. The van der Waals surface area contributed by atoms with E-state index in [4.69, 9.17) is 16.3 Å². The Kier molecular flexibility index (Phi) is 5.82. The van der Waals surface area contributed by atoms with Crippen molar-refractivity contribution in [3.63, 3.8) is 0 Å². The molecule has 0 radical (unpaired) electrons. The molecule has 2 aliphatic rings. The third-order valence-corrected chi connectivity index (χ3v) is 6.74. The SMILES string of the molecule is O=C(CN1C(=O)C2(CCC(Oc3ccc4[nH]ncc4c3)CC2)c2nc(Cl)ccc21)NCC(F)(F)F.